The van der Waals surface area contributed by atoms with E-state index in [9.17, 15) is 18.0 Å². The SMILES string of the molecule is Cc1nc(CN2CCC(CNC(=O)Cc3cccc(C(F)(F)F)c3)CC2)oc1C. The Morgan fingerprint density at radius 1 is 1.28 bits per heavy atom. The maximum Gasteiger partial charge on any atom is 0.416 e. The number of carbonyl (C=O) groups is 1. The molecule has 2 aromatic rings. The highest BCUT2D eigenvalue weighted by Crippen LogP contribution is 2.29. The van der Waals surface area contributed by atoms with Gasteiger partial charge in [-0.2, -0.15) is 13.2 Å². The highest BCUT2D eigenvalue weighted by atomic mass is 19.4. The fourth-order valence-electron chi connectivity index (χ4n) is 3.51. The van der Waals surface area contributed by atoms with Gasteiger partial charge in [0.1, 0.15) is 5.76 Å². The fraction of sp³-hybridized carbons (Fsp3) is 0.524. The molecule has 29 heavy (non-hydrogen) atoms. The van der Waals surface area contributed by atoms with E-state index in [2.05, 4.69) is 15.2 Å². The van der Waals surface area contributed by atoms with Crippen molar-refractivity contribution in [2.45, 2.75) is 45.8 Å². The molecule has 1 aromatic carbocycles. The van der Waals surface area contributed by atoms with Crippen LogP contribution in [0, 0.1) is 19.8 Å². The number of aryl methyl sites for hydroxylation is 2. The average molecular weight is 409 g/mol. The number of piperidine rings is 1. The predicted octanol–water partition coefficient (Wildman–Crippen LogP) is 3.88. The zero-order valence-electron chi connectivity index (χ0n) is 16.7. The standard InChI is InChI=1S/C21H26F3N3O2/c1-14-15(2)29-20(26-14)13-27-8-6-16(7-9-27)12-25-19(28)11-17-4-3-5-18(10-17)21(22,23)24/h3-5,10,16H,6-9,11-13H2,1-2H3,(H,25,28). The molecule has 0 unspecified atom stereocenters. The minimum absolute atomic E-state index is 0.0500. The van der Waals surface area contributed by atoms with E-state index in [-0.39, 0.29) is 12.3 Å². The van der Waals surface area contributed by atoms with Gasteiger partial charge in [0.15, 0.2) is 0 Å². The quantitative estimate of drug-likeness (QED) is 0.787. The molecule has 1 saturated heterocycles. The van der Waals surface area contributed by atoms with Gasteiger partial charge in [0.05, 0.1) is 24.2 Å². The van der Waals surface area contributed by atoms with Crippen LogP contribution in [-0.4, -0.2) is 35.4 Å². The number of benzene rings is 1. The van der Waals surface area contributed by atoms with E-state index in [0.717, 1.165) is 55.4 Å². The number of nitrogens with one attached hydrogen (secondary N) is 1. The summed E-state index contributed by atoms with van der Waals surface area (Å²) >= 11 is 0. The van der Waals surface area contributed by atoms with Gasteiger partial charge < -0.3 is 9.73 Å². The molecule has 1 aliphatic heterocycles. The van der Waals surface area contributed by atoms with Gasteiger partial charge in [-0.15, -0.1) is 0 Å². The number of amides is 1. The van der Waals surface area contributed by atoms with E-state index >= 15 is 0 Å². The van der Waals surface area contributed by atoms with Crippen LogP contribution in [0.4, 0.5) is 13.2 Å². The highest BCUT2D eigenvalue weighted by Gasteiger charge is 2.30. The van der Waals surface area contributed by atoms with Crippen LogP contribution >= 0.6 is 0 Å². The number of likely N-dealkylation sites (tertiary alicyclic amines) is 1. The Labute approximate surface area is 168 Å². The zero-order chi connectivity index (χ0) is 21.0. The smallest absolute Gasteiger partial charge is 0.416 e. The third-order valence-electron chi connectivity index (χ3n) is 5.35. The molecule has 1 aromatic heterocycles. The number of hydrogen-bond acceptors (Lipinski definition) is 4. The molecular formula is C21H26F3N3O2. The van der Waals surface area contributed by atoms with Crippen LogP contribution in [0.1, 0.15) is 41.3 Å². The fourth-order valence-corrected chi connectivity index (χ4v) is 3.51. The molecule has 1 N–H and O–H groups in total. The minimum atomic E-state index is -4.40. The van der Waals surface area contributed by atoms with E-state index in [1.54, 1.807) is 6.07 Å². The molecule has 0 spiro atoms. The lowest BCUT2D eigenvalue weighted by Crippen LogP contribution is -2.38. The summed E-state index contributed by atoms with van der Waals surface area (Å²) in [6.45, 7) is 6.85. The first kappa shape index (κ1) is 21.4. The lowest BCUT2D eigenvalue weighted by atomic mass is 9.96. The van der Waals surface area contributed by atoms with Crippen LogP contribution in [-0.2, 0) is 23.9 Å². The lowest BCUT2D eigenvalue weighted by Gasteiger charge is -2.31. The molecule has 3 rings (SSSR count). The summed E-state index contributed by atoms with van der Waals surface area (Å²) in [5.74, 6) is 1.69. The Hall–Kier alpha value is -2.35. The molecule has 1 aliphatic rings. The number of rotatable bonds is 6. The van der Waals surface area contributed by atoms with Crippen molar-refractivity contribution in [2.24, 2.45) is 5.92 Å². The second-order valence-electron chi connectivity index (χ2n) is 7.65. The van der Waals surface area contributed by atoms with E-state index in [1.807, 2.05) is 13.8 Å². The molecule has 1 amide bonds. The van der Waals surface area contributed by atoms with Gasteiger partial charge in [-0.05, 0) is 57.3 Å². The van der Waals surface area contributed by atoms with Crippen LogP contribution in [0.2, 0.25) is 0 Å². The highest BCUT2D eigenvalue weighted by molar-refractivity contribution is 5.78. The van der Waals surface area contributed by atoms with Crippen molar-refractivity contribution in [2.75, 3.05) is 19.6 Å². The van der Waals surface area contributed by atoms with Gasteiger partial charge in [-0.1, -0.05) is 18.2 Å². The van der Waals surface area contributed by atoms with Crippen molar-refractivity contribution in [3.8, 4) is 0 Å². The number of nitrogens with zero attached hydrogens (tertiary/aromatic N) is 2. The first-order chi connectivity index (χ1) is 13.7. The van der Waals surface area contributed by atoms with Crippen molar-refractivity contribution < 1.29 is 22.4 Å². The summed E-state index contributed by atoms with van der Waals surface area (Å²) in [5, 5.41) is 2.86. The topological polar surface area (TPSA) is 58.4 Å². The molecule has 0 atom stereocenters. The van der Waals surface area contributed by atoms with E-state index in [4.69, 9.17) is 4.42 Å². The Bertz CT molecular complexity index is 820. The molecule has 2 heterocycles. The van der Waals surface area contributed by atoms with Crippen molar-refractivity contribution >= 4 is 5.91 Å². The van der Waals surface area contributed by atoms with Crippen LogP contribution in [0.5, 0.6) is 0 Å². The molecular weight excluding hydrogens is 383 g/mol. The van der Waals surface area contributed by atoms with Gasteiger partial charge in [0, 0.05) is 6.54 Å². The first-order valence-electron chi connectivity index (χ1n) is 9.79. The minimum Gasteiger partial charge on any atom is -0.444 e. The Morgan fingerprint density at radius 2 is 2.00 bits per heavy atom. The number of oxazole rings is 1. The maximum absolute atomic E-state index is 12.8. The predicted molar refractivity (Wildman–Crippen MR) is 102 cm³/mol. The number of halogens is 3. The zero-order valence-corrected chi connectivity index (χ0v) is 16.7. The van der Waals surface area contributed by atoms with Gasteiger partial charge in [0.2, 0.25) is 11.8 Å². The third-order valence-corrected chi connectivity index (χ3v) is 5.35. The van der Waals surface area contributed by atoms with E-state index in [0.29, 0.717) is 24.6 Å². The second kappa shape index (κ2) is 8.98. The second-order valence-corrected chi connectivity index (χ2v) is 7.65. The first-order valence-corrected chi connectivity index (χ1v) is 9.79. The summed E-state index contributed by atoms with van der Waals surface area (Å²) in [7, 11) is 0. The van der Waals surface area contributed by atoms with Crippen molar-refractivity contribution in [3.05, 3.63) is 52.7 Å². The number of carbonyl (C=O) groups excluding carboxylic acids is 1. The van der Waals surface area contributed by atoms with E-state index < -0.39 is 11.7 Å². The van der Waals surface area contributed by atoms with Gasteiger partial charge in [-0.3, -0.25) is 9.69 Å². The summed E-state index contributed by atoms with van der Waals surface area (Å²) in [6, 6.07) is 4.91. The Kier molecular flexibility index (Phi) is 6.62. The Morgan fingerprint density at radius 3 is 2.62 bits per heavy atom. The largest absolute Gasteiger partial charge is 0.444 e. The molecule has 5 nitrogen and oxygen atoms in total. The molecule has 0 aliphatic carbocycles. The molecule has 158 valence electrons. The summed E-state index contributed by atoms with van der Waals surface area (Å²) in [6.07, 6.45) is -2.56. The lowest BCUT2D eigenvalue weighted by molar-refractivity contribution is -0.137. The number of aromatic nitrogens is 1. The van der Waals surface area contributed by atoms with E-state index in [1.165, 1.54) is 6.07 Å². The maximum atomic E-state index is 12.8. The molecule has 1 fully saturated rings. The third kappa shape index (κ3) is 6.06. The van der Waals surface area contributed by atoms with Gasteiger partial charge in [0.25, 0.3) is 0 Å². The van der Waals surface area contributed by atoms with Crippen molar-refractivity contribution in [3.63, 3.8) is 0 Å². The number of hydrogen-bond donors (Lipinski definition) is 1. The molecule has 8 heteroatoms. The van der Waals surface area contributed by atoms with Gasteiger partial charge in [-0.25, -0.2) is 4.98 Å². The summed E-state index contributed by atoms with van der Waals surface area (Å²) < 4.78 is 43.9. The molecule has 0 saturated carbocycles. The monoisotopic (exact) mass is 409 g/mol. The molecule has 0 bridgehead atoms. The normalized spacial score (nSPS) is 16.2. The van der Waals surface area contributed by atoms with Crippen LogP contribution < -0.4 is 5.32 Å². The van der Waals surface area contributed by atoms with Crippen molar-refractivity contribution in [1.82, 2.24) is 15.2 Å². The van der Waals surface area contributed by atoms with Crippen LogP contribution in [0.15, 0.2) is 28.7 Å². The average Bonchev–Trinajstić information content (AvgIpc) is 2.98. The molecule has 0 radical (unpaired) electrons. The number of alkyl halides is 3. The van der Waals surface area contributed by atoms with Crippen LogP contribution in [0.25, 0.3) is 0 Å². The summed E-state index contributed by atoms with van der Waals surface area (Å²) in [4.78, 5) is 18.8. The summed E-state index contributed by atoms with van der Waals surface area (Å²) in [5.41, 5.74) is 0.550. The Balaban J connectivity index is 1.40. The van der Waals surface area contributed by atoms with Crippen LogP contribution in [0.3, 0.4) is 0 Å². The van der Waals surface area contributed by atoms with Crippen molar-refractivity contribution in [1.29, 1.82) is 0 Å². The van der Waals surface area contributed by atoms with Gasteiger partial charge >= 0.3 is 6.18 Å².